The second kappa shape index (κ2) is 6.18. The van der Waals surface area contributed by atoms with Crippen molar-refractivity contribution in [1.82, 2.24) is 24.7 Å². The number of hydrazone groups is 1. The zero-order valence-electron chi connectivity index (χ0n) is 12.1. The predicted octanol–water partition coefficient (Wildman–Crippen LogP) is 1.24. The van der Waals surface area contributed by atoms with Crippen LogP contribution in [0.25, 0.3) is 5.69 Å². The lowest BCUT2D eigenvalue weighted by atomic mass is 10.2. The normalized spacial score (nSPS) is 11.0. The van der Waals surface area contributed by atoms with Crippen LogP contribution in [0.1, 0.15) is 11.3 Å². The first-order chi connectivity index (χ1) is 11.1. The molecule has 2 aromatic heterocycles. The first-order valence-corrected chi connectivity index (χ1v) is 6.64. The second-order valence-corrected chi connectivity index (χ2v) is 4.64. The zero-order valence-corrected chi connectivity index (χ0v) is 12.1. The van der Waals surface area contributed by atoms with Gasteiger partial charge in [0.05, 0.1) is 18.2 Å². The third-order valence-corrected chi connectivity index (χ3v) is 3.00. The number of benzene rings is 1. The molecule has 0 unspecified atom stereocenters. The predicted molar refractivity (Wildman–Crippen MR) is 82.1 cm³/mol. The molecule has 0 bridgehead atoms. The highest BCUT2D eigenvalue weighted by Crippen LogP contribution is 2.14. The molecule has 0 aliphatic rings. The van der Waals surface area contributed by atoms with E-state index >= 15 is 0 Å². The van der Waals surface area contributed by atoms with Crippen molar-refractivity contribution >= 4 is 12.2 Å². The number of halogens is 1. The number of hydrogen-bond acceptors (Lipinski definition) is 6. The van der Waals surface area contributed by atoms with E-state index in [1.54, 1.807) is 36.0 Å². The van der Waals surface area contributed by atoms with Crippen LogP contribution in [0.4, 0.5) is 10.3 Å². The molecule has 116 valence electrons. The minimum atomic E-state index is -0.407. The van der Waals surface area contributed by atoms with Crippen molar-refractivity contribution in [3.63, 3.8) is 0 Å². The molecule has 0 saturated carbocycles. The fourth-order valence-corrected chi connectivity index (χ4v) is 1.83. The van der Waals surface area contributed by atoms with Crippen molar-refractivity contribution < 1.29 is 4.39 Å². The Hall–Kier alpha value is -3.36. The van der Waals surface area contributed by atoms with Gasteiger partial charge in [-0.05, 0) is 24.6 Å². The van der Waals surface area contributed by atoms with Gasteiger partial charge in [0.2, 0.25) is 5.95 Å². The van der Waals surface area contributed by atoms with Crippen LogP contribution in [0.15, 0.2) is 46.8 Å². The van der Waals surface area contributed by atoms with Gasteiger partial charge >= 0.3 is 0 Å². The van der Waals surface area contributed by atoms with Gasteiger partial charge in [-0.15, -0.1) is 10.2 Å². The van der Waals surface area contributed by atoms with Crippen LogP contribution in [0.5, 0.6) is 0 Å². The summed E-state index contributed by atoms with van der Waals surface area (Å²) in [5.41, 5.74) is 3.37. The SMILES string of the molecule is Cc1nnc(N/N=C/c2ccc(-n3ccnc3)c(F)c2)[nH]c1=O. The Morgan fingerprint density at radius 2 is 2.26 bits per heavy atom. The topological polar surface area (TPSA) is 101 Å². The van der Waals surface area contributed by atoms with Crippen LogP contribution < -0.4 is 11.0 Å². The molecule has 1 aromatic carbocycles. The van der Waals surface area contributed by atoms with Crippen molar-refractivity contribution in [3.05, 3.63) is 64.3 Å². The number of aromatic nitrogens is 5. The molecule has 2 heterocycles. The lowest BCUT2D eigenvalue weighted by Crippen LogP contribution is -2.15. The van der Waals surface area contributed by atoms with E-state index in [4.69, 9.17) is 0 Å². The van der Waals surface area contributed by atoms with Gasteiger partial charge in [-0.25, -0.2) is 14.8 Å². The van der Waals surface area contributed by atoms with E-state index in [9.17, 15) is 9.18 Å². The van der Waals surface area contributed by atoms with E-state index in [2.05, 4.69) is 30.7 Å². The second-order valence-electron chi connectivity index (χ2n) is 4.64. The van der Waals surface area contributed by atoms with Gasteiger partial charge in [-0.3, -0.25) is 9.78 Å². The summed E-state index contributed by atoms with van der Waals surface area (Å²) in [6, 6.07) is 4.66. The first kappa shape index (κ1) is 14.6. The van der Waals surface area contributed by atoms with E-state index in [-0.39, 0.29) is 17.2 Å². The lowest BCUT2D eigenvalue weighted by Gasteiger charge is -2.04. The summed E-state index contributed by atoms with van der Waals surface area (Å²) < 4.78 is 15.6. The first-order valence-electron chi connectivity index (χ1n) is 6.64. The Bertz CT molecular complexity index is 902. The Labute approximate surface area is 129 Å². The highest BCUT2D eigenvalue weighted by atomic mass is 19.1. The molecule has 9 heteroatoms. The van der Waals surface area contributed by atoms with Crippen LogP contribution in [0.3, 0.4) is 0 Å². The molecule has 8 nitrogen and oxygen atoms in total. The molecule has 0 radical (unpaired) electrons. The number of H-pyrrole nitrogens is 1. The maximum atomic E-state index is 14.1. The summed E-state index contributed by atoms with van der Waals surface area (Å²) in [5, 5.41) is 11.3. The minimum Gasteiger partial charge on any atom is -0.303 e. The molecule has 0 aliphatic carbocycles. The van der Waals surface area contributed by atoms with Gasteiger partial charge < -0.3 is 4.57 Å². The molecule has 2 N–H and O–H groups in total. The summed E-state index contributed by atoms with van der Waals surface area (Å²) in [7, 11) is 0. The summed E-state index contributed by atoms with van der Waals surface area (Å²) in [5.74, 6) is -0.303. The average Bonchev–Trinajstić information content (AvgIpc) is 3.05. The Balaban J connectivity index is 1.74. The molecule has 0 saturated heterocycles. The van der Waals surface area contributed by atoms with E-state index < -0.39 is 5.82 Å². The van der Waals surface area contributed by atoms with E-state index in [0.29, 0.717) is 11.3 Å². The summed E-state index contributed by atoms with van der Waals surface area (Å²) in [6.07, 6.45) is 6.14. The molecule has 0 spiro atoms. The van der Waals surface area contributed by atoms with Crippen LogP contribution in [-0.4, -0.2) is 30.9 Å². The third-order valence-electron chi connectivity index (χ3n) is 3.00. The molecule has 0 atom stereocenters. The third kappa shape index (κ3) is 3.28. The molecular weight excluding hydrogens is 301 g/mol. The maximum Gasteiger partial charge on any atom is 0.274 e. The average molecular weight is 313 g/mol. The fraction of sp³-hybridized carbons (Fsp3) is 0.0714. The van der Waals surface area contributed by atoms with Crippen molar-refractivity contribution in [3.8, 4) is 5.69 Å². The van der Waals surface area contributed by atoms with Crippen LogP contribution >= 0.6 is 0 Å². The van der Waals surface area contributed by atoms with Gasteiger partial charge in [0.1, 0.15) is 11.5 Å². The molecule has 3 aromatic rings. The highest BCUT2D eigenvalue weighted by Gasteiger charge is 2.04. The minimum absolute atomic E-state index is 0.104. The Kier molecular flexibility index (Phi) is 3.91. The fourth-order valence-electron chi connectivity index (χ4n) is 1.83. The van der Waals surface area contributed by atoms with Crippen molar-refractivity contribution in [2.45, 2.75) is 6.92 Å². The number of aryl methyl sites for hydroxylation is 1. The van der Waals surface area contributed by atoms with Crippen molar-refractivity contribution in [1.29, 1.82) is 0 Å². The van der Waals surface area contributed by atoms with Crippen molar-refractivity contribution in [2.24, 2.45) is 5.10 Å². The maximum absolute atomic E-state index is 14.1. The monoisotopic (exact) mass is 313 g/mol. The summed E-state index contributed by atoms with van der Waals surface area (Å²) in [4.78, 5) is 17.7. The number of rotatable bonds is 4. The number of nitrogens with zero attached hydrogens (tertiary/aromatic N) is 5. The van der Waals surface area contributed by atoms with Gasteiger partial charge in [0.25, 0.3) is 5.56 Å². The van der Waals surface area contributed by atoms with Crippen LogP contribution in [-0.2, 0) is 0 Å². The molecule has 0 fully saturated rings. The van der Waals surface area contributed by atoms with E-state index in [0.717, 1.165) is 0 Å². The van der Waals surface area contributed by atoms with Crippen LogP contribution in [0, 0.1) is 12.7 Å². The quantitative estimate of drug-likeness (QED) is 0.557. The van der Waals surface area contributed by atoms with Gasteiger partial charge in [-0.2, -0.15) is 5.10 Å². The number of nitrogens with one attached hydrogen (secondary N) is 2. The van der Waals surface area contributed by atoms with Crippen LogP contribution in [0.2, 0.25) is 0 Å². The lowest BCUT2D eigenvalue weighted by molar-refractivity contribution is 0.618. The molecule has 0 aliphatic heterocycles. The molecule has 0 amide bonds. The van der Waals surface area contributed by atoms with Gasteiger partial charge in [-0.1, -0.05) is 6.07 Å². The van der Waals surface area contributed by atoms with E-state index in [1.807, 2.05) is 0 Å². The van der Waals surface area contributed by atoms with Gasteiger partial charge in [0, 0.05) is 12.4 Å². The summed E-state index contributed by atoms with van der Waals surface area (Å²) >= 11 is 0. The molecular formula is C14H12FN7O. The van der Waals surface area contributed by atoms with Gasteiger partial charge in [0.15, 0.2) is 0 Å². The molecule has 23 heavy (non-hydrogen) atoms. The standard InChI is InChI=1S/C14H12FN7O/c1-9-13(23)18-14(21-19-9)20-17-7-10-2-3-12(11(15)6-10)22-5-4-16-8-22/h2-8H,1H3,(H2,18,20,21,23)/b17-7+. The largest absolute Gasteiger partial charge is 0.303 e. The summed E-state index contributed by atoms with van der Waals surface area (Å²) in [6.45, 7) is 1.55. The smallest absolute Gasteiger partial charge is 0.274 e. The number of aromatic amines is 1. The van der Waals surface area contributed by atoms with E-state index in [1.165, 1.54) is 18.6 Å². The zero-order chi connectivity index (χ0) is 16.2. The number of anilines is 1. The number of hydrogen-bond donors (Lipinski definition) is 2. The highest BCUT2D eigenvalue weighted by molar-refractivity contribution is 5.80. The molecule has 3 rings (SSSR count). The number of imidazole rings is 1. The Morgan fingerprint density at radius 3 is 2.96 bits per heavy atom. The van der Waals surface area contributed by atoms with Crippen molar-refractivity contribution in [2.75, 3.05) is 5.43 Å². The Morgan fingerprint density at radius 1 is 1.39 bits per heavy atom.